The number of nitrogens with two attached hydrogens (primary N) is 1. The lowest BCUT2D eigenvalue weighted by atomic mass is 9.60. The molecule has 1 aliphatic heterocycles. The summed E-state index contributed by atoms with van der Waals surface area (Å²) in [6.07, 6.45) is 3.40. The van der Waals surface area contributed by atoms with Gasteiger partial charge in [0, 0.05) is 16.7 Å². The summed E-state index contributed by atoms with van der Waals surface area (Å²) < 4.78 is 5.76. The summed E-state index contributed by atoms with van der Waals surface area (Å²) in [7, 11) is 0. The minimum Gasteiger partial charge on any atom is -0.463 e. The van der Waals surface area contributed by atoms with Crippen molar-refractivity contribution >= 4 is 29.4 Å². The monoisotopic (exact) mass is 436 g/mol. The molecule has 2 heterocycles. The Balaban J connectivity index is 1.68. The van der Waals surface area contributed by atoms with Crippen LogP contribution in [0, 0.1) is 17.8 Å². The number of ketones is 2. The lowest BCUT2D eigenvalue weighted by molar-refractivity contribution is -0.136. The van der Waals surface area contributed by atoms with Crippen LogP contribution >= 0.6 is 0 Å². The van der Waals surface area contributed by atoms with E-state index in [2.05, 4.69) is 0 Å². The number of aliphatic hydroxyl groups is 1. The third-order valence-corrected chi connectivity index (χ3v) is 6.91. The summed E-state index contributed by atoms with van der Waals surface area (Å²) in [5.74, 6) is -4.13. The molecule has 9 heteroatoms. The Morgan fingerprint density at radius 1 is 1.19 bits per heavy atom. The number of carbonyl (C=O) groups is 5. The van der Waals surface area contributed by atoms with E-state index in [-0.39, 0.29) is 36.6 Å². The number of allylic oxidation sites excluding steroid dienone is 6. The highest BCUT2D eigenvalue weighted by Crippen LogP contribution is 2.55. The number of fused-ring (bicyclic) bond motifs is 3. The molecule has 1 fully saturated rings. The molecule has 4 amide bonds. The van der Waals surface area contributed by atoms with E-state index in [1.165, 1.54) is 6.08 Å². The zero-order valence-corrected chi connectivity index (χ0v) is 17.2. The highest BCUT2D eigenvalue weighted by atomic mass is 16.4. The maximum absolute atomic E-state index is 13.1. The van der Waals surface area contributed by atoms with Crippen LogP contribution in [0.2, 0.25) is 0 Å². The van der Waals surface area contributed by atoms with Gasteiger partial charge < -0.3 is 15.3 Å². The van der Waals surface area contributed by atoms with Crippen molar-refractivity contribution in [3.8, 4) is 0 Å². The summed E-state index contributed by atoms with van der Waals surface area (Å²) in [4.78, 5) is 64.0. The minimum atomic E-state index is -1.12. The number of urea groups is 1. The number of furan rings is 1. The molecule has 0 bridgehead atoms. The highest BCUT2D eigenvalue weighted by Gasteiger charge is 2.57. The topological polar surface area (TPSA) is 148 Å². The molecule has 5 rings (SSSR count). The highest BCUT2D eigenvalue weighted by molar-refractivity contribution is 6.24. The van der Waals surface area contributed by atoms with Crippen molar-refractivity contribution in [2.24, 2.45) is 23.5 Å². The van der Waals surface area contributed by atoms with Crippen molar-refractivity contribution in [3.05, 3.63) is 58.1 Å². The van der Waals surface area contributed by atoms with Crippen molar-refractivity contribution in [2.75, 3.05) is 0 Å². The van der Waals surface area contributed by atoms with Crippen molar-refractivity contribution in [2.45, 2.75) is 32.3 Å². The Labute approximate surface area is 182 Å². The number of likely N-dealkylation sites (tertiary alicyclic amines) is 1. The molecule has 9 nitrogen and oxygen atoms in total. The zero-order chi connectivity index (χ0) is 22.9. The minimum absolute atomic E-state index is 0.104. The lowest BCUT2D eigenvalue weighted by Gasteiger charge is -2.41. The Morgan fingerprint density at radius 3 is 2.59 bits per heavy atom. The molecule has 1 aromatic rings. The van der Waals surface area contributed by atoms with Gasteiger partial charge in [-0.3, -0.25) is 19.2 Å². The van der Waals surface area contributed by atoms with Crippen LogP contribution in [0.25, 0.3) is 0 Å². The number of carbonyl (C=O) groups excluding carboxylic acids is 5. The summed E-state index contributed by atoms with van der Waals surface area (Å²) in [6.45, 7) is 1.24. The van der Waals surface area contributed by atoms with Crippen LogP contribution < -0.4 is 5.73 Å². The zero-order valence-electron chi connectivity index (χ0n) is 17.2. The molecular formula is C23H20N2O7. The van der Waals surface area contributed by atoms with Crippen molar-refractivity contribution in [1.29, 1.82) is 0 Å². The third kappa shape index (κ3) is 2.64. The number of primary amides is 1. The Bertz CT molecular complexity index is 1210. The van der Waals surface area contributed by atoms with Crippen molar-refractivity contribution in [3.63, 3.8) is 0 Å². The quantitative estimate of drug-likeness (QED) is 0.403. The summed E-state index contributed by atoms with van der Waals surface area (Å²) in [5.41, 5.74) is 6.88. The van der Waals surface area contributed by atoms with Gasteiger partial charge in [0.05, 0.1) is 17.8 Å². The van der Waals surface area contributed by atoms with Crippen LogP contribution in [0.1, 0.15) is 37.2 Å². The van der Waals surface area contributed by atoms with Crippen LogP contribution in [0.4, 0.5) is 4.79 Å². The van der Waals surface area contributed by atoms with Gasteiger partial charge in [0.25, 0.3) is 0 Å². The molecule has 3 aliphatic carbocycles. The van der Waals surface area contributed by atoms with E-state index < -0.39 is 41.5 Å². The van der Waals surface area contributed by atoms with Gasteiger partial charge in [0.2, 0.25) is 11.8 Å². The molecule has 164 valence electrons. The molecule has 4 aliphatic rings. The standard InChI is InChI=1S/C23H20N2O7/c1-9-6-15(27)14-7-13-11(3-4-12-17(13)22(30)25(21(12)29)23(24)31)18(19(14)20(9)28)16-5-2-10(8-26)32-16/h2-3,5-6,12-13,17-18,26H,4,7-8H2,1H3,(H2,24,31)/t12-,13+,17-,18+/m0/s1. The molecule has 4 atom stereocenters. The molecule has 0 saturated carbocycles. The fourth-order valence-corrected chi connectivity index (χ4v) is 5.54. The van der Waals surface area contributed by atoms with Crippen LogP contribution in [0.3, 0.4) is 0 Å². The summed E-state index contributed by atoms with van der Waals surface area (Å²) in [5, 5.41) is 9.44. The summed E-state index contributed by atoms with van der Waals surface area (Å²) in [6, 6.07) is 2.10. The van der Waals surface area contributed by atoms with E-state index in [0.717, 1.165) is 0 Å². The molecular weight excluding hydrogens is 416 g/mol. The van der Waals surface area contributed by atoms with Crippen LogP contribution in [0.15, 0.2) is 51.0 Å². The van der Waals surface area contributed by atoms with E-state index in [0.29, 0.717) is 33.1 Å². The van der Waals surface area contributed by atoms with Gasteiger partial charge in [-0.25, -0.2) is 4.79 Å². The van der Waals surface area contributed by atoms with E-state index in [1.54, 1.807) is 19.1 Å². The van der Waals surface area contributed by atoms with Gasteiger partial charge in [-0.2, -0.15) is 4.90 Å². The van der Waals surface area contributed by atoms with Crippen LogP contribution in [0.5, 0.6) is 0 Å². The van der Waals surface area contributed by atoms with Crippen molar-refractivity contribution < 1.29 is 33.5 Å². The van der Waals surface area contributed by atoms with Gasteiger partial charge in [0.15, 0.2) is 11.6 Å². The fourth-order valence-electron chi connectivity index (χ4n) is 5.54. The molecule has 0 spiro atoms. The molecule has 32 heavy (non-hydrogen) atoms. The van der Waals surface area contributed by atoms with E-state index in [9.17, 15) is 29.1 Å². The normalized spacial score (nSPS) is 29.5. The largest absolute Gasteiger partial charge is 0.463 e. The number of rotatable bonds is 2. The molecule has 0 unspecified atom stereocenters. The van der Waals surface area contributed by atoms with E-state index in [4.69, 9.17) is 10.2 Å². The van der Waals surface area contributed by atoms with E-state index >= 15 is 0 Å². The van der Waals surface area contributed by atoms with Gasteiger partial charge in [0.1, 0.15) is 18.1 Å². The first kappa shape index (κ1) is 20.3. The second-order valence-corrected chi connectivity index (χ2v) is 8.54. The molecule has 1 saturated heterocycles. The first-order chi connectivity index (χ1) is 15.2. The van der Waals surface area contributed by atoms with Gasteiger partial charge >= 0.3 is 6.03 Å². The average molecular weight is 436 g/mol. The maximum atomic E-state index is 13.1. The van der Waals surface area contributed by atoms with Gasteiger partial charge in [-0.15, -0.1) is 0 Å². The molecule has 0 radical (unpaired) electrons. The van der Waals surface area contributed by atoms with Crippen LogP contribution in [-0.4, -0.2) is 39.4 Å². The number of nitrogens with zero attached hydrogens (tertiary/aromatic N) is 1. The van der Waals surface area contributed by atoms with Crippen molar-refractivity contribution in [1.82, 2.24) is 4.90 Å². The first-order valence-electron chi connectivity index (χ1n) is 10.3. The predicted octanol–water partition coefficient (Wildman–Crippen LogP) is 1.28. The Morgan fingerprint density at radius 2 is 1.94 bits per heavy atom. The number of amides is 4. The molecule has 3 N–H and O–H groups in total. The summed E-state index contributed by atoms with van der Waals surface area (Å²) >= 11 is 0. The van der Waals surface area contributed by atoms with E-state index in [1.807, 2.05) is 6.08 Å². The second-order valence-electron chi connectivity index (χ2n) is 8.54. The third-order valence-electron chi connectivity index (χ3n) is 6.91. The number of imide groups is 3. The smallest absolute Gasteiger partial charge is 0.328 e. The maximum Gasteiger partial charge on any atom is 0.328 e. The molecule has 0 aromatic carbocycles. The number of hydrogen-bond acceptors (Lipinski definition) is 7. The van der Waals surface area contributed by atoms with Gasteiger partial charge in [-0.05, 0) is 43.9 Å². The number of Topliss-reactive ketones (excluding diaryl/α,β-unsaturated/α-hetero) is 1. The predicted molar refractivity (Wildman–Crippen MR) is 107 cm³/mol. The number of aliphatic hydroxyl groups excluding tert-OH is 1. The SMILES string of the molecule is CC1=CC(=O)C2=C(C1=O)[C@@H](c1ccc(CO)o1)C1=CC[C@@H]3C(=O)N(C(N)=O)C(=O)[C@@H]3[C@@H]1C2. The Hall–Kier alpha value is -3.59. The molecule has 1 aromatic heterocycles. The average Bonchev–Trinajstić information content (AvgIpc) is 3.33. The Kier molecular flexibility index (Phi) is 4.42. The number of hydrogen-bond donors (Lipinski definition) is 2. The lowest BCUT2D eigenvalue weighted by Crippen LogP contribution is -2.42. The van der Waals surface area contributed by atoms with Gasteiger partial charge in [-0.1, -0.05) is 11.6 Å². The fraction of sp³-hybridized carbons (Fsp3) is 0.348. The first-order valence-corrected chi connectivity index (χ1v) is 10.3. The van der Waals surface area contributed by atoms with Crippen LogP contribution in [-0.2, 0) is 25.8 Å². The second kappa shape index (κ2) is 6.96.